The highest BCUT2D eigenvalue weighted by Gasteiger charge is 1.82. The molecule has 0 heterocycles. The quantitative estimate of drug-likeness (QED) is 0.466. The normalized spacial score (nSPS) is 13.6. The van der Waals surface area contributed by atoms with Crippen molar-refractivity contribution in [1.82, 2.24) is 0 Å². The van der Waals surface area contributed by atoms with E-state index < -0.39 is 24.8 Å². The molecule has 0 aromatic rings. The van der Waals surface area contributed by atoms with Gasteiger partial charge < -0.3 is 28.3 Å². The fraction of sp³-hybridized carbons (Fsp3) is 1.00. The van der Waals surface area contributed by atoms with Crippen molar-refractivity contribution in [2.24, 2.45) is 0 Å². The van der Waals surface area contributed by atoms with Crippen LogP contribution in [0.25, 0.3) is 0 Å². The molecule has 0 fully saturated rings. The summed E-state index contributed by atoms with van der Waals surface area (Å²) in [6.45, 7) is 5.94. The van der Waals surface area contributed by atoms with Crippen molar-refractivity contribution in [3.8, 4) is 0 Å². The third kappa shape index (κ3) is 54.9. The summed E-state index contributed by atoms with van der Waals surface area (Å²) in [5, 5.41) is 0. The van der Waals surface area contributed by atoms with E-state index in [2.05, 4.69) is 13.6 Å². The maximum atomic E-state index is 9.56. The zero-order valence-corrected chi connectivity index (χ0v) is 15.1. The number of rotatable bonds is 6. The van der Waals surface area contributed by atoms with E-state index in [0.717, 1.165) is 0 Å². The van der Waals surface area contributed by atoms with Crippen molar-refractivity contribution >= 4 is 42.1 Å². The number of hydrogen-bond acceptors (Lipinski definition) is 6. The van der Waals surface area contributed by atoms with Gasteiger partial charge in [0.25, 0.3) is 0 Å². The van der Waals surface area contributed by atoms with Crippen LogP contribution in [-0.2, 0) is 27.3 Å². The minimum absolute atomic E-state index is 0. The van der Waals surface area contributed by atoms with Crippen molar-refractivity contribution in [2.45, 2.75) is 20.8 Å². The van der Waals surface area contributed by atoms with Gasteiger partial charge in [0, 0.05) is 17.4 Å². The molecule has 19 heavy (non-hydrogen) atoms. The van der Waals surface area contributed by atoms with Crippen LogP contribution in [0, 0.1) is 0 Å². The molecule has 0 rings (SSSR count). The predicted octanol–water partition coefficient (Wildman–Crippen LogP) is 0.834. The van der Waals surface area contributed by atoms with Gasteiger partial charge in [0.2, 0.25) is 0 Å². The van der Waals surface area contributed by atoms with Gasteiger partial charge in [0.15, 0.2) is 0 Å². The smallest absolute Gasteiger partial charge is 0.316 e. The average Bonchev–Trinajstić information content (AvgIpc) is 2.18. The van der Waals surface area contributed by atoms with Crippen molar-refractivity contribution in [1.29, 1.82) is 0 Å². The van der Waals surface area contributed by atoms with Gasteiger partial charge in [-0.15, -0.1) is 0 Å². The summed E-state index contributed by atoms with van der Waals surface area (Å²) in [4.78, 5) is 23.6. The molecule has 3 radical (unpaired) electrons. The Bertz CT molecular complexity index is 202. The van der Waals surface area contributed by atoms with E-state index in [0.29, 0.717) is 19.8 Å². The molecule has 0 bridgehead atoms. The zero-order chi connectivity index (χ0) is 15.0. The van der Waals surface area contributed by atoms with E-state index in [1.54, 1.807) is 20.8 Å². The summed E-state index contributed by atoms with van der Waals surface area (Å²) >= 11 is 0. The highest BCUT2D eigenvalue weighted by atomic mass is 31.1. The molecule has 0 aromatic carbocycles. The van der Waals surface area contributed by atoms with E-state index >= 15 is 0 Å². The molecule has 0 amide bonds. The third-order valence-electron chi connectivity index (χ3n) is 0.803. The summed E-state index contributed by atoms with van der Waals surface area (Å²) < 4.78 is 41.1. The summed E-state index contributed by atoms with van der Waals surface area (Å²) in [6.07, 6.45) is 0. The first-order valence-corrected chi connectivity index (χ1v) is 8.67. The lowest BCUT2D eigenvalue weighted by atomic mass is 10.9. The molecule has 0 aliphatic carbocycles. The Morgan fingerprint density at radius 1 is 0.684 bits per heavy atom. The Morgan fingerprint density at radius 2 is 0.842 bits per heavy atom. The Hall–Kier alpha value is 0.982. The number of hydrogen-bond donors (Lipinski definition) is 3. The highest BCUT2D eigenvalue weighted by molar-refractivity contribution is 7.32. The molecule has 0 saturated heterocycles. The van der Waals surface area contributed by atoms with Gasteiger partial charge in [-0.05, 0) is 20.8 Å². The molecule has 0 spiro atoms. The molecule has 117 valence electrons. The third-order valence-corrected chi connectivity index (χ3v) is 2.41. The molecule has 9 nitrogen and oxygen atoms in total. The van der Waals surface area contributed by atoms with Crippen molar-refractivity contribution in [3.63, 3.8) is 0 Å². The van der Waals surface area contributed by atoms with Gasteiger partial charge in [-0.3, -0.25) is 13.7 Å². The summed E-state index contributed by atoms with van der Waals surface area (Å²) in [5.74, 6) is 0. The van der Waals surface area contributed by atoms with Gasteiger partial charge in [-0.25, -0.2) is 0 Å². The van der Waals surface area contributed by atoms with Gasteiger partial charge >= 0.3 is 24.8 Å². The SMILES string of the molecule is CCO[PH](=O)O.CCO[PH](=O)O.CCO[PH](=O)O.[Al]. The lowest BCUT2D eigenvalue weighted by molar-refractivity contribution is 0.296. The lowest BCUT2D eigenvalue weighted by Gasteiger charge is -1.86. The van der Waals surface area contributed by atoms with Crippen LogP contribution in [0.1, 0.15) is 20.8 Å². The monoisotopic (exact) mass is 357 g/mol. The van der Waals surface area contributed by atoms with Crippen LogP contribution < -0.4 is 0 Å². The maximum absolute atomic E-state index is 9.56. The molecule has 13 heteroatoms. The molecule has 0 aliphatic heterocycles. The van der Waals surface area contributed by atoms with E-state index in [1.165, 1.54) is 0 Å². The van der Waals surface area contributed by atoms with E-state index in [9.17, 15) is 13.7 Å². The van der Waals surface area contributed by atoms with Crippen LogP contribution in [0.2, 0.25) is 0 Å². The highest BCUT2D eigenvalue weighted by Crippen LogP contribution is 2.13. The maximum Gasteiger partial charge on any atom is 0.316 e. The van der Waals surface area contributed by atoms with Crippen LogP contribution >= 0.6 is 24.8 Å². The van der Waals surface area contributed by atoms with Crippen molar-refractivity contribution in [3.05, 3.63) is 0 Å². The van der Waals surface area contributed by atoms with Crippen molar-refractivity contribution < 1.29 is 41.9 Å². The predicted molar refractivity (Wildman–Crippen MR) is 74.3 cm³/mol. The van der Waals surface area contributed by atoms with Crippen LogP contribution in [0.4, 0.5) is 0 Å². The van der Waals surface area contributed by atoms with Crippen LogP contribution in [0.15, 0.2) is 0 Å². The topological polar surface area (TPSA) is 140 Å². The summed E-state index contributed by atoms with van der Waals surface area (Å²) in [5.41, 5.74) is 0. The Balaban J connectivity index is -0.0000000865. The molecule has 0 aliphatic rings. The first-order chi connectivity index (χ1) is 8.31. The molecule has 3 N–H and O–H groups in total. The first kappa shape index (κ1) is 28.2. The van der Waals surface area contributed by atoms with Crippen LogP contribution in [0.3, 0.4) is 0 Å². The molecule has 3 atom stereocenters. The van der Waals surface area contributed by atoms with Crippen LogP contribution in [-0.4, -0.2) is 51.9 Å². The van der Waals surface area contributed by atoms with E-state index in [-0.39, 0.29) is 17.4 Å². The average molecular weight is 357 g/mol. The fourth-order valence-corrected chi connectivity index (χ4v) is 1.11. The molecular weight excluding hydrogens is 336 g/mol. The van der Waals surface area contributed by atoms with Gasteiger partial charge in [0.05, 0.1) is 19.8 Å². The summed E-state index contributed by atoms with van der Waals surface area (Å²) in [6, 6.07) is 0. The van der Waals surface area contributed by atoms with Gasteiger partial charge in [-0.2, -0.15) is 0 Å². The minimum Gasteiger partial charge on any atom is -0.326 e. The minimum atomic E-state index is -2.64. The van der Waals surface area contributed by atoms with Gasteiger partial charge in [0.1, 0.15) is 0 Å². The molecule has 0 saturated carbocycles. The largest absolute Gasteiger partial charge is 0.326 e. The Morgan fingerprint density at radius 3 is 0.842 bits per heavy atom. The second-order valence-electron chi connectivity index (χ2n) is 2.10. The first-order valence-electron chi connectivity index (χ1n) is 4.88. The van der Waals surface area contributed by atoms with Crippen molar-refractivity contribution in [2.75, 3.05) is 19.8 Å². The molecule has 3 unspecified atom stereocenters. The van der Waals surface area contributed by atoms with E-state index in [1.807, 2.05) is 0 Å². The fourth-order valence-electron chi connectivity index (χ4n) is 0.370. The lowest BCUT2D eigenvalue weighted by Crippen LogP contribution is -1.72. The van der Waals surface area contributed by atoms with E-state index in [4.69, 9.17) is 14.7 Å². The second-order valence-corrected chi connectivity index (χ2v) is 4.56. The van der Waals surface area contributed by atoms with Crippen LogP contribution in [0.5, 0.6) is 0 Å². The Labute approximate surface area is 125 Å². The second kappa shape index (κ2) is 24.0. The zero-order valence-electron chi connectivity index (χ0n) is 11.0. The van der Waals surface area contributed by atoms with Gasteiger partial charge in [-0.1, -0.05) is 0 Å². The Kier molecular flexibility index (Phi) is 35.7. The molecular formula is C6H21AlO9P3. The molecule has 0 aromatic heterocycles. The standard InChI is InChI=1S/3C2H7O3P.Al/c3*1-2-5-6(3)4;/h3*6H,2H2,1H3,(H,3,4);. The summed E-state index contributed by atoms with van der Waals surface area (Å²) in [7, 11) is -7.91.